The first kappa shape index (κ1) is 17.1. The Kier molecular flexibility index (Phi) is 4.93. The molecule has 1 aromatic rings. The highest BCUT2D eigenvalue weighted by atomic mass is 127. The Morgan fingerprint density at radius 3 is 2.10 bits per heavy atom. The molecule has 1 aromatic carbocycles. The van der Waals surface area contributed by atoms with E-state index in [-0.39, 0.29) is 5.56 Å². The van der Waals surface area contributed by atoms with E-state index in [1.165, 1.54) is 0 Å². The molecular formula is C11H7F6IO2. The largest absolute Gasteiger partial charge is 0.469 e. The van der Waals surface area contributed by atoms with E-state index < -0.39 is 39.4 Å². The molecule has 0 saturated heterocycles. The first-order valence-electron chi connectivity index (χ1n) is 5.00. The van der Waals surface area contributed by atoms with Crippen LogP contribution in [-0.2, 0) is 28.3 Å². The molecule has 0 saturated carbocycles. The van der Waals surface area contributed by atoms with Gasteiger partial charge in [0.2, 0.25) is 0 Å². The number of benzene rings is 1. The molecule has 0 heterocycles. The standard InChI is InChI=1S/C11H7F6IO2/c1-20-8(19)4-5-2-6(10(12,13)14)9(7(18)3-5)11(15,16)17/h2-3H,4H2,1H3. The van der Waals surface area contributed by atoms with Crippen LogP contribution in [0.1, 0.15) is 16.7 Å². The van der Waals surface area contributed by atoms with Crippen molar-refractivity contribution < 1.29 is 35.9 Å². The third-order valence-electron chi connectivity index (χ3n) is 2.32. The van der Waals surface area contributed by atoms with Crippen molar-refractivity contribution in [2.75, 3.05) is 7.11 Å². The lowest BCUT2D eigenvalue weighted by molar-refractivity contribution is -0.162. The van der Waals surface area contributed by atoms with Crippen LogP contribution in [0.3, 0.4) is 0 Å². The minimum atomic E-state index is -5.17. The van der Waals surface area contributed by atoms with E-state index in [1.807, 2.05) is 0 Å². The number of alkyl halides is 6. The van der Waals surface area contributed by atoms with Crippen LogP contribution in [-0.4, -0.2) is 13.1 Å². The Morgan fingerprint density at radius 2 is 1.70 bits per heavy atom. The van der Waals surface area contributed by atoms with Gasteiger partial charge in [-0.15, -0.1) is 0 Å². The lowest BCUT2D eigenvalue weighted by Gasteiger charge is -2.18. The van der Waals surface area contributed by atoms with Crippen LogP contribution < -0.4 is 0 Å². The average molecular weight is 412 g/mol. The van der Waals surface area contributed by atoms with Gasteiger partial charge in [0.05, 0.1) is 24.7 Å². The highest BCUT2D eigenvalue weighted by Gasteiger charge is 2.44. The Balaban J connectivity index is 3.46. The van der Waals surface area contributed by atoms with Gasteiger partial charge in [-0.05, 0) is 40.3 Å². The fraction of sp³-hybridized carbons (Fsp3) is 0.364. The predicted octanol–water partition coefficient (Wildman–Crippen LogP) is 4.04. The second-order valence-electron chi connectivity index (χ2n) is 3.75. The smallest absolute Gasteiger partial charge is 0.418 e. The van der Waals surface area contributed by atoms with E-state index in [9.17, 15) is 31.1 Å². The lowest BCUT2D eigenvalue weighted by atomic mass is 10.0. The molecule has 0 fully saturated rings. The Bertz CT molecular complexity index is 521. The Labute approximate surface area is 123 Å². The zero-order valence-corrected chi connectivity index (χ0v) is 12.0. The molecule has 1 rings (SSSR count). The second-order valence-corrected chi connectivity index (χ2v) is 4.91. The first-order valence-corrected chi connectivity index (χ1v) is 6.08. The summed E-state index contributed by atoms with van der Waals surface area (Å²) in [4.78, 5) is 11.0. The van der Waals surface area contributed by atoms with Crippen molar-refractivity contribution in [2.24, 2.45) is 0 Å². The minimum absolute atomic E-state index is 0.193. The number of carbonyl (C=O) groups excluding carboxylic acids is 1. The molecule has 0 atom stereocenters. The molecule has 0 aromatic heterocycles. The fourth-order valence-corrected chi connectivity index (χ4v) is 2.51. The number of hydrogen-bond donors (Lipinski definition) is 0. The van der Waals surface area contributed by atoms with Gasteiger partial charge >= 0.3 is 18.3 Å². The highest BCUT2D eigenvalue weighted by Crippen LogP contribution is 2.43. The summed E-state index contributed by atoms with van der Waals surface area (Å²) in [6.07, 6.45) is -10.8. The van der Waals surface area contributed by atoms with Gasteiger partial charge in [-0.25, -0.2) is 0 Å². The molecule has 0 radical (unpaired) electrons. The third kappa shape index (κ3) is 4.00. The zero-order chi connectivity index (χ0) is 15.7. The molecule has 0 unspecified atom stereocenters. The molecule has 112 valence electrons. The molecule has 0 N–H and O–H groups in total. The number of halogens is 7. The molecule has 0 bridgehead atoms. The van der Waals surface area contributed by atoms with Crippen LogP contribution in [0, 0.1) is 3.57 Å². The first-order chi connectivity index (χ1) is 8.96. The molecule has 9 heteroatoms. The van der Waals surface area contributed by atoms with Gasteiger partial charge in [0, 0.05) is 3.57 Å². The van der Waals surface area contributed by atoms with Gasteiger partial charge in [0.15, 0.2) is 0 Å². The topological polar surface area (TPSA) is 26.3 Å². The molecule has 0 aliphatic carbocycles. The number of rotatable bonds is 2. The molecule has 0 amide bonds. The van der Waals surface area contributed by atoms with Crippen LogP contribution in [0.15, 0.2) is 12.1 Å². The number of carbonyl (C=O) groups is 1. The molecule has 2 nitrogen and oxygen atoms in total. The molecule has 20 heavy (non-hydrogen) atoms. The van der Waals surface area contributed by atoms with E-state index in [0.717, 1.165) is 35.8 Å². The van der Waals surface area contributed by atoms with Gasteiger partial charge in [0.25, 0.3) is 0 Å². The minimum Gasteiger partial charge on any atom is -0.469 e. The maximum Gasteiger partial charge on any atom is 0.418 e. The monoisotopic (exact) mass is 412 g/mol. The van der Waals surface area contributed by atoms with Crippen molar-refractivity contribution in [3.05, 3.63) is 32.4 Å². The van der Waals surface area contributed by atoms with Crippen LogP contribution in [0.25, 0.3) is 0 Å². The maximum atomic E-state index is 12.7. The predicted molar refractivity (Wildman–Crippen MR) is 64.9 cm³/mol. The van der Waals surface area contributed by atoms with Crippen molar-refractivity contribution in [3.63, 3.8) is 0 Å². The summed E-state index contributed by atoms with van der Waals surface area (Å²) in [5, 5.41) is 0. The van der Waals surface area contributed by atoms with Crippen LogP contribution >= 0.6 is 22.6 Å². The zero-order valence-electron chi connectivity index (χ0n) is 9.82. The fourth-order valence-electron chi connectivity index (χ4n) is 1.52. The van der Waals surface area contributed by atoms with Crippen molar-refractivity contribution in [1.29, 1.82) is 0 Å². The SMILES string of the molecule is COC(=O)Cc1cc(I)c(C(F)(F)F)c(C(F)(F)F)c1. The summed E-state index contributed by atoms with van der Waals surface area (Å²) < 4.78 is 80.0. The second kappa shape index (κ2) is 5.78. The van der Waals surface area contributed by atoms with E-state index in [4.69, 9.17) is 0 Å². The number of hydrogen-bond acceptors (Lipinski definition) is 2. The van der Waals surface area contributed by atoms with Gasteiger partial charge in [-0.2, -0.15) is 26.3 Å². The third-order valence-corrected chi connectivity index (χ3v) is 3.17. The summed E-state index contributed by atoms with van der Waals surface area (Å²) in [6.45, 7) is 0. The van der Waals surface area contributed by atoms with E-state index >= 15 is 0 Å². The van der Waals surface area contributed by atoms with Crippen LogP contribution in [0.5, 0.6) is 0 Å². The highest BCUT2D eigenvalue weighted by molar-refractivity contribution is 14.1. The van der Waals surface area contributed by atoms with Crippen LogP contribution in [0.2, 0.25) is 0 Å². The van der Waals surface area contributed by atoms with Gasteiger partial charge in [0.1, 0.15) is 0 Å². The summed E-state index contributed by atoms with van der Waals surface area (Å²) in [6, 6.07) is 1.21. The van der Waals surface area contributed by atoms with Crippen molar-refractivity contribution >= 4 is 28.6 Å². The van der Waals surface area contributed by atoms with Gasteiger partial charge < -0.3 is 4.74 Å². The van der Waals surface area contributed by atoms with Crippen molar-refractivity contribution in [1.82, 2.24) is 0 Å². The van der Waals surface area contributed by atoms with Gasteiger partial charge in [-0.3, -0.25) is 4.79 Å². The van der Waals surface area contributed by atoms with Crippen molar-refractivity contribution in [2.45, 2.75) is 18.8 Å². The normalized spacial score (nSPS) is 12.4. The number of ether oxygens (including phenoxy) is 1. The summed E-state index contributed by atoms with van der Waals surface area (Å²) in [7, 11) is 1.03. The summed E-state index contributed by atoms with van der Waals surface area (Å²) >= 11 is 1.16. The maximum absolute atomic E-state index is 12.7. The molecular weight excluding hydrogens is 405 g/mol. The van der Waals surface area contributed by atoms with E-state index in [0.29, 0.717) is 6.07 Å². The van der Waals surface area contributed by atoms with E-state index in [1.54, 1.807) is 0 Å². The summed E-state index contributed by atoms with van der Waals surface area (Å²) in [5.74, 6) is -0.839. The number of esters is 1. The number of methoxy groups -OCH3 is 1. The molecule has 0 aliphatic heterocycles. The lowest BCUT2D eigenvalue weighted by Crippen LogP contribution is -2.19. The molecule has 0 aliphatic rings. The summed E-state index contributed by atoms with van der Waals surface area (Å²) in [5.41, 5.74) is -3.75. The van der Waals surface area contributed by atoms with E-state index in [2.05, 4.69) is 4.74 Å². The van der Waals surface area contributed by atoms with Gasteiger partial charge in [-0.1, -0.05) is 0 Å². The average Bonchev–Trinajstić information content (AvgIpc) is 2.24. The molecule has 0 spiro atoms. The van der Waals surface area contributed by atoms with Crippen LogP contribution in [0.4, 0.5) is 26.3 Å². The van der Waals surface area contributed by atoms with Crippen molar-refractivity contribution in [3.8, 4) is 0 Å². The Hall–Kier alpha value is -1.00. The Morgan fingerprint density at radius 1 is 1.15 bits per heavy atom. The quantitative estimate of drug-likeness (QED) is 0.417.